The van der Waals surface area contributed by atoms with Crippen molar-refractivity contribution in [3.05, 3.63) is 0 Å². The fourth-order valence-electron chi connectivity index (χ4n) is 6.69. The van der Waals surface area contributed by atoms with Crippen LogP contribution in [0.1, 0.15) is 219 Å². The van der Waals surface area contributed by atoms with Crippen molar-refractivity contribution in [1.29, 1.82) is 0 Å². The molecule has 2 atom stereocenters. The van der Waals surface area contributed by atoms with Crippen LogP contribution < -0.4 is 10.2 Å². The first kappa shape index (κ1) is 56.3. The molecule has 58 heavy (non-hydrogen) atoms. The van der Waals surface area contributed by atoms with E-state index in [-0.39, 0.29) is 39.2 Å². The molecule has 0 aromatic rings. The van der Waals surface area contributed by atoms with E-state index < -0.39 is 45.2 Å². The van der Waals surface area contributed by atoms with Crippen LogP contribution in [0.2, 0.25) is 0 Å². The van der Waals surface area contributed by atoms with Crippen LogP contribution in [0.15, 0.2) is 0 Å². The van der Waals surface area contributed by atoms with E-state index in [1.807, 2.05) is 0 Å². The Morgan fingerprint density at radius 2 is 0.897 bits per heavy atom. The van der Waals surface area contributed by atoms with Gasteiger partial charge in [-0.1, -0.05) is 194 Å². The summed E-state index contributed by atoms with van der Waals surface area (Å²) >= 11 is 0. The third kappa shape index (κ3) is 42.4. The topological polar surface area (TPSA) is 159 Å². The Hall–Kier alpha value is -1.72. The predicted molar refractivity (Wildman–Crippen MR) is 231 cm³/mol. The first-order valence-corrected chi connectivity index (χ1v) is 25.0. The SMILES string of the molecule is CCCCCCCCCCCCCCCCCC(=O)OC[C@H](COP(=O)([O-])OCCNC(=O)OCCOC)OC(=O)CCCCCCCCCCCCCCCCC. The molecule has 0 aliphatic heterocycles. The van der Waals surface area contributed by atoms with Crippen molar-refractivity contribution in [2.45, 2.75) is 225 Å². The van der Waals surface area contributed by atoms with Gasteiger partial charge in [0.15, 0.2) is 6.10 Å². The van der Waals surface area contributed by atoms with E-state index in [2.05, 4.69) is 19.2 Å². The van der Waals surface area contributed by atoms with Gasteiger partial charge in [-0.3, -0.25) is 14.2 Å². The van der Waals surface area contributed by atoms with Crippen LogP contribution in [0.4, 0.5) is 4.79 Å². The number of unbranched alkanes of at least 4 members (excludes halogenated alkanes) is 28. The maximum Gasteiger partial charge on any atom is 0.407 e. The number of nitrogens with one attached hydrogen (secondary N) is 1. The van der Waals surface area contributed by atoms with Crippen LogP contribution >= 0.6 is 7.82 Å². The smallest absolute Gasteiger partial charge is 0.407 e. The van der Waals surface area contributed by atoms with Gasteiger partial charge in [0.2, 0.25) is 0 Å². The van der Waals surface area contributed by atoms with Gasteiger partial charge in [0.25, 0.3) is 7.82 Å². The summed E-state index contributed by atoms with van der Waals surface area (Å²) in [5, 5.41) is 2.36. The zero-order valence-electron chi connectivity index (χ0n) is 37.4. The summed E-state index contributed by atoms with van der Waals surface area (Å²) in [7, 11) is -3.34. The van der Waals surface area contributed by atoms with Crippen molar-refractivity contribution >= 4 is 25.9 Å². The standard InChI is InChI=1S/C45H88NO11P/c1-4-6-8-10-12-14-16-18-20-22-24-26-28-30-32-34-43(47)54-40-42(41-56-58(50,51)55-37-36-46-45(49)53-39-38-52-3)57-44(48)35-33-31-29-27-25-23-21-19-17-15-13-11-9-7-5-2/h42H,4-41H2,1-3H3,(H,46,49)(H,50,51)/p-1/t42-/m1/s1. The van der Waals surface area contributed by atoms with E-state index in [9.17, 15) is 23.8 Å². The number of phosphoric acid groups is 1. The molecule has 13 heteroatoms. The summed E-state index contributed by atoms with van der Waals surface area (Å²) in [6.45, 7) is 3.36. The van der Waals surface area contributed by atoms with E-state index in [4.69, 9.17) is 28.0 Å². The number of carbonyl (C=O) groups excluding carboxylic acids is 3. The highest BCUT2D eigenvalue weighted by Gasteiger charge is 2.21. The van der Waals surface area contributed by atoms with Gasteiger partial charge < -0.3 is 38.2 Å². The molecule has 0 fully saturated rings. The lowest BCUT2D eigenvalue weighted by Gasteiger charge is -2.25. The number of hydrogen-bond donors (Lipinski definition) is 1. The minimum absolute atomic E-state index is 0.0515. The van der Waals surface area contributed by atoms with Gasteiger partial charge in [0.05, 0.1) is 19.8 Å². The molecule has 0 bridgehead atoms. The number of carbonyl (C=O) groups is 3. The highest BCUT2D eigenvalue weighted by molar-refractivity contribution is 7.45. The number of hydrogen-bond acceptors (Lipinski definition) is 11. The molecule has 0 aliphatic carbocycles. The minimum Gasteiger partial charge on any atom is -0.756 e. The average molecular weight is 849 g/mol. The molecule has 0 heterocycles. The second-order valence-corrected chi connectivity index (χ2v) is 17.2. The first-order chi connectivity index (χ1) is 28.2. The second kappa shape index (κ2) is 43.4. The number of phosphoric ester groups is 1. The molecule has 1 amide bonds. The lowest BCUT2D eigenvalue weighted by atomic mass is 10.0. The van der Waals surface area contributed by atoms with Crippen molar-refractivity contribution < 1.29 is 51.8 Å². The maximum absolute atomic E-state index is 12.7. The fourth-order valence-corrected chi connectivity index (χ4v) is 7.43. The van der Waals surface area contributed by atoms with Crippen LogP contribution in [0, 0.1) is 0 Å². The zero-order valence-corrected chi connectivity index (χ0v) is 38.3. The third-order valence-corrected chi connectivity index (χ3v) is 11.2. The third-order valence-electron chi connectivity index (χ3n) is 10.3. The van der Waals surface area contributed by atoms with Gasteiger partial charge in [-0.2, -0.15) is 0 Å². The summed E-state index contributed by atoms with van der Waals surface area (Å²) < 4.78 is 42.7. The molecule has 0 aromatic heterocycles. The molecule has 12 nitrogen and oxygen atoms in total. The highest BCUT2D eigenvalue weighted by Crippen LogP contribution is 2.38. The highest BCUT2D eigenvalue weighted by atomic mass is 31.2. The lowest BCUT2D eigenvalue weighted by molar-refractivity contribution is -0.228. The normalized spacial score (nSPS) is 12.9. The molecular weight excluding hydrogens is 761 g/mol. The predicted octanol–water partition coefficient (Wildman–Crippen LogP) is 11.8. The Bertz CT molecular complexity index is 986. The molecule has 0 rings (SSSR count). The van der Waals surface area contributed by atoms with Gasteiger partial charge in [-0.15, -0.1) is 0 Å². The summed E-state index contributed by atoms with van der Waals surface area (Å²) in [6.07, 6.45) is 35.3. The monoisotopic (exact) mass is 849 g/mol. The maximum atomic E-state index is 12.7. The molecule has 0 aromatic carbocycles. The Morgan fingerprint density at radius 3 is 1.31 bits per heavy atom. The minimum atomic E-state index is -4.82. The number of amides is 1. The lowest BCUT2D eigenvalue weighted by Crippen LogP contribution is -2.31. The Labute approximate surface area is 354 Å². The van der Waals surface area contributed by atoms with Gasteiger partial charge in [-0.25, -0.2) is 4.79 Å². The van der Waals surface area contributed by atoms with Crippen LogP contribution in [0.25, 0.3) is 0 Å². The fraction of sp³-hybridized carbons (Fsp3) is 0.933. The van der Waals surface area contributed by atoms with Crippen molar-refractivity contribution in [3.63, 3.8) is 0 Å². The van der Waals surface area contributed by atoms with Gasteiger partial charge in [-0.05, 0) is 12.8 Å². The Balaban J connectivity index is 4.42. The quantitative estimate of drug-likeness (QED) is 0.0269. The van der Waals surface area contributed by atoms with Gasteiger partial charge in [0, 0.05) is 26.5 Å². The van der Waals surface area contributed by atoms with Crippen molar-refractivity contribution in [2.24, 2.45) is 0 Å². The number of esters is 2. The molecule has 1 N–H and O–H groups in total. The first-order valence-electron chi connectivity index (χ1n) is 23.6. The summed E-state index contributed by atoms with van der Waals surface area (Å²) in [4.78, 5) is 49.2. The average Bonchev–Trinajstić information content (AvgIpc) is 3.20. The Kier molecular flexibility index (Phi) is 42.1. The largest absolute Gasteiger partial charge is 0.756 e. The molecule has 0 radical (unpaired) electrons. The number of rotatable bonds is 45. The molecule has 0 saturated carbocycles. The second-order valence-electron chi connectivity index (χ2n) is 15.8. The van der Waals surface area contributed by atoms with E-state index in [1.54, 1.807) is 0 Å². The molecule has 0 aliphatic rings. The molecule has 0 saturated heterocycles. The zero-order chi connectivity index (χ0) is 42.6. The van der Waals surface area contributed by atoms with E-state index in [0.29, 0.717) is 12.8 Å². The van der Waals surface area contributed by atoms with Crippen LogP contribution in [-0.2, 0) is 42.1 Å². The van der Waals surface area contributed by atoms with E-state index in [0.717, 1.165) is 38.5 Å². The molecule has 1 unspecified atom stereocenters. The van der Waals surface area contributed by atoms with Gasteiger partial charge in [0.1, 0.15) is 13.2 Å². The van der Waals surface area contributed by atoms with Crippen LogP contribution in [0.5, 0.6) is 0 Å². The Morgan fingerprint density at radius 1 is 0.500 bits per heavy atom. The van der Waals surface area contributed by atoms with E-state index in [1.165, 1.54) is 148 Å². The number of methoxy groups -OCH3 is 1. The molecule has 344 valence electrons. The van der Waals surface area contributed by atoms with Gasteiger partial charge >= 0.3 is 18.0 Å². The van der Waals surface area contributed by atoms with Crippen molar-refractivity contribution in [1.82, 2.24) is 5.32 Å². The summed E-state index contributed by atoms with van der Waals surface area (Å²) in [5.41, 5.74) is 0. The number of ether oxygens (including phenoxy) is 4. The molecule has 0 spiro atoms. The van der Waals surface area contributed by atoms with Crippen molar-refractivity contribution in [3.8, 4) is 0 Å². The van der Waals surface area contributed by atoms with Crippen LogP contribution in [-0.4, -0.2) is 70.8 Å². The summed E-state index contributed by atoms with van der Waals surface area (Å²) in [6, 6.07) is 0. The number of alkyl carbamates (subject to hydrolysis) is 1. The summed E-state index contributed by atoms with van der Waals surface area (Å²) in [5.74, 6) is -0.928. The van der Waals surface area contributed by atoms with Crippen molar-refractivity contribution in [2.75, 3.05) is 46.7 Å². The van der Waals surface area contributed by atoms with Crippen LogP contribution in [0.3, 0.4) is 0 Å². The van der Waals surface area contributed by atoms with E-state index >= 15 is 0 Å². The molecular formula is C45H87NO11P-.